The van der Waals surface area contributed by atoms with E-state index >= 15 is 0 Å². The summed E-state index contributed by atoms with van der Waals surface area (Å²) in [6.45, 7) is -0.356. The van der Waals surface area contributed by atoms with Crippen LogP contribution in [0.1, 0.15) is 17.5 Å². The molecular weight excluding hydrogens is 326 g/mol. The van der Waals surface area contributed by atoms with Gasteiger partial charge < -0.3 is 4.90 Å². The quantitative estimate of drug-likeness (QED) is 0.625. The van der Waals surface area contributed by atoms with E-state index in [0.29, 0.717) is 0 Å². The van der Waals surface area contributed by atoms with E-state index in [-0.39, 0.29) is 25.1 Å². The van der Waals surface area contributed by atoms with Gasteiger partial charge in [0.15, 0.2) is 0 Å². The lowest BCUT2D eigenvalue weighted by molar-refractivity contribution is -0.139. The van der Waals surface area contributed by atoms with E-state index in [4.69, 9.17) is 0 Å². The first-order chi connectivity index (χ1) is 10.1. The molecule has 1 aromatic carbocycles. The molecule has 0 radical (unpaired) electrons. The highest BCUT2D eigenvalue weighted by atomic mass is 32.3. The Hall–Kier alpha value is -1.64. The third-order valence-electron chi connectivity index (χ3n) is 3.41. The molecule has 1 unspecified atom stereocenters. The van der Waals surface area contributed by atoms with E-state index < -0.39 is 39.5 Å². The minimum atomic E-state index is -4.72. The third-order valence-corrected chi connectivity index (χ3v) is 4.28. The summed E-state index contributed by atoms with van der Waals surface area (Å²) in [5.74, 6) is -2.01. The summed E-state index contributed by atoms with van der Waals surface area (Å²) >= 11 is 0. The second kappa shape index (κ2) is 5.86. The number of hydrogen-bond acceptors (Lipinski definition) is 3. The minimum absolute atomic E-state index is 0.0752. The molecule has 1 amide bonds. The first kappa shape index (κ1) is 16.7. The van der Waals surface area contributed by atoms with Gasteiger partial charge in [-0.3, -0.25) is 4.79 Å². The van der Waals surface area contributed by atoms with Crippen molar-refractivity contribution in [2.75, 3.05) is 12.3 Å². The van der Waals surface area contributed by atoms with Crippen molar-refractivity contribution in [1.82, 2.24) is 4.90 Å². The van der Waals surface area contributed by atoms with Gasteiger partial charge in [0, 0.05) is 25.4 Å². The van der Waals surface area contributed by atoms with Crippen molar-refractivity contribution in [3.05, 3.63) is 35.4 Å². The van der Waals surface area contributed by atoms with E-state index in [2.05, 4.69) is 0 Å². The highest BCUT2D eigenvalue weighted by molar-refractivity contribution is 7.86. The van der Waals surface area contributed by atoms with Gasteiger partial charge in [-0.25, -0.2) is 0 Å². The Morgan fingerprint density at radius 3 is 2.45 bits per heavy atom. The van der Waals surface area contributed by atoms with Crippen molar-refractivity contribution in [3.8, 4) is 0 Å². The molecule has 9 heteroatoms. The topological polar surface area (TPSA) is 54.5 Å². The van der Waals surface area contributed by atoms with Crippen molar-refractivity contribution >= 4 is 16.1 Å². The molecular formula is C13H13F4NO3S. The van der Waals surface area contributed by atoms with Crippen LogP contribution >= 0.6 is 0 Å². The van der Waals surface area contributed by atoms with Crippen molar-refractivity contribution in [2.24, 2.45) is 5.92 Å². The Morgan fingerprint density at radius 1 is 1.23 bits per heavy atom. The van der Waals surface area contributed by atoms with E-state index in [1.165, 1.54) is 18.2 Å². The fourth-order valence-corrected chi connectivity index (χ4v) is 3.33. The molecule has 0 N–H and O–H groups in total. The fraction of sp³-hybridized carbons (Fsp3) is 0.462. The number of nitrogens with zero attached hydrogens (tertiary/aromatic N) is 1. The van der Waals surface area contributed by atoms with Crippen molar-refractivity contribution in [1.29, 1.82) is 0 Å². The Balaban J connectivity index is 2.14. The molecule has 1 aliphatic rings. The maximum Gasteiger partial charge on any atom is 0.416 e. The zero-order chi connectivity index (χ0) is 16.5. The number of rotatable bonds is 4. The highest BCUT2D eigenvalue weighted by Gasteiger charge is 2.36. The van der Waals surface area contributed by atoms with Gasteiger partial charge >= 0.3 is 16.4 Å². The van der Waals surface area contributed by atoms with Gasteiger partial charge in [0.25, 0.3) is 0 Å². The zero-order valence-electron chi connectivity index (χ0n) is 11.3. The van der Waals surface area contributed by atoms with Crippen LogP contribution in [0.5, 0.6) is 0 Å². The summed E-state index contributed by atoms with van der Waals surface area (Å²) in [7, 11) is -4.72. The molecule has 0 aliphatic carbocycles. The lowest BCUT2D eigenvalue weighted by Gasteiger charge is -2.19. The molecule has 1 aromatic rings. The molecule has 4 nitrogen and oxygen atoms in total. The van der Waals surface area contributed by atoms with Crippen molar-refractivity contribution < 1.29 is 30.3 Å². The summed E-state index contributed by atoms with van der Waals surface area (Å²) in [6.07, 6.45) is -4.72. The van der Waals surface area contributed by atoms with Gasteiger partial charge in [0.2, 0.25) is 5.91 Å². The van der Waals surface area contributed by atoms with Gasteiger partial charge in [-0.1, -0.05) is 18.2 Å². The number of benzene rings is 1. The third kappa shape index (κ3) is 4.19. The molecule has 1 heterocycles. The number of hydrogen-bond donors (Lipinski definition) is 0. The lowest BCUT2D eigenvalue weighted by Crippen LogP contribution is -2.26. The van der Waals surface area contributed by atoms with Gasteiger partial charge in [0.1, 0.15) is 0 Å². The van der Waals surface area contributed by atoms with Crippen molar-refractivity contribution in [3.63, 3.8) is 0 Å². The number of alkyl halides is 3. The van der Waals surface area contributed by atoms with Crippen LogP contribution in [0.3, 0.4) is 0 Å². The van der Waals surface area contributed by atoms with Crippen LogP contribution in [0.2, 0.25) is 0 Å². The zero-order valence-corrected chi connectivity index (χ0v) is 12.1. The molecule has 122 valence electrons. The predicted octanol–water partition coefficient (Wildman–Crippen LogP) is 2.35. The van der Waals surface area contributed by atoms with Crippen LogP contribution in [0, 0.1) is 5.92 Å². The molecule has 0 bridgehead atoms. The fourth-order valence-electron chi connectivity index (χ4n) is 2.54. The van der Waals surface area contributed by atoms with Crippen LogP contribution in [0.15, 0.2) is 24.3 Å². The van der Waals surface area contributed by atoms with E-state index in [1.807, 2.05) is 0 Å². The van der Waals surface area contributed by atoms with Crippen LogP contribution in [0.4, 0.5) is 17.1 Å². The Kier molecular flexibility index (Phi) is 4.46. The standard InChI is InChI=1S/C13H13F4NO3S/c14-13(15,16)11-4-2-1-3-10(11)7-18-6-9(5-12(18)19)8-22(17,20)21/h1-4,9H,5-8H2. The molecule has 1 aliphatic heterocycles. The second-order valence-corrected chi connectivity index (χ2v) is 6.62. The number of amides is 1. The van der Waals surface area contributed by atoms with Gasteiger partial charge in [0.05, 0.1) is 11.3 Å². The SMILES string of the molecule is O=C1CC(CS(=O)(=O)F)CN1Cc1ccccc1C(F)(F)F. The average molecular weight is 339 g/mol. The van der Waals surface area contributed by atoms with Gasteiger partial charge in [-0.05, 0) is 11.6 Å². The monoisotopic (exact) mass is 339 g/mol. The number of carbonyl (C=O) groups is 1. The first-order valence-electron chi connectivity index (χ1n) is 6.41. The predicted molar refractivity (Wildman–Crippen MR) is 69.9 cm³/mol. The van der Waals surface area contributed by atoms with Crippen LogP contribution in [0.25, 0.3) is 0 Å². The molecule has 0 spiro atoms. The average Bonchev–Trinajstić information content (AvgIpc) is 2.66. The van der Waals surface area contributed by atoms with Crippen molar-refractivity contribution in [2.45, 2.75) is 19.1 Å². The van der Waals surface area contributed by atoms with E-state index in [1.54, 1.807) is 0 Å². The Morgan fingerprint density at radius 2 is 1.86 bits per heavy atom. The second-order valence-electron chi connectivity index (χ2n) is 5.20. The molecule has 2 rings (SSSR count). The molecule has 1 saturated heterocycles. The minimum Gasteiger partial charge on any atom is -0.338 e. The van der Waals surface area contributed by atoms with E-state index in [0.717, 1.165) is 11.0 Å². The lowest BCUT2D eigenvalue weighted by atomic mass is 10.1. The molecule has 0 aromatic heterocycles. The van der Waals surface area contributed by atoms with Gasteiger partial charge in [-0.15, -0.1) is 3.89 Å². The number of halogens is 4. The summed E-state index contributed by atoms with van der Waals surface area (Å²) in [5, 5.41) is 0. The number of carbonyl (C=O) groups excluding carboxylic acids is 1. The largest absolute Gasteiger partial charge is 0.416 e. The summed E-state index contributed by atoms with van der Waals surface area (Å²) in [6, 6.07) is 4.85. The first-order valence-corrected chi connectivity index (χ1v) is 7.97. The number of likely N-dealkylation sites (tertiary alicyclic amines) is 1. The maximum atomic E-state index is 12.9. The molecule has 1 fully saturated rings. The Labute approximate surface area is 124 Å². The summed E-state index contributed by atoms with van der Waals surface area (Å²) in [5.41, 5.74) is -0.920. The Bertz CT molecular complexity index is 672. The van der Waals surface area contributed by atoms with Crippen LogP contribution in [-0.2, 0) is 27.7 Å². The smallest absolute Gasteiger partial charge is 0.338 e. The van der Waals surface area contributed by atoms with Gasteiger partial charge in [-0.2, -0.15) is 21.6 Å². The van der Waals surface area contributed by atoms with Crippen LogP contribution in [-0.4, -0.2) is 31.5 Å². The summed E-state index contributed by atoms with van der Waals surface area (Å²) < 4.78 is 72.5. The molecule has 0 saturated carbocycles. The summed E-state index contributed by atoms with van der Waals surface area (Å²) in [4.78, 5) is 12.9. The normalized spacial score (nSPS) is 19.7. The maximum absolute atomic E-state index is 12.9. The van der Waals surface area contributed by atoms with E-state index in [9.17, 15) is 30.3 Å². The highest BCUT2D eigenvalue weighted by Crippen LogP contribution is 2.33. The molecule has 22 heavy (non-hydrogen) atoms. The molecule has 1 atom stereocenters. The van der Waals surface area contributed by atoms with Crippen LogP contribution < -0.4 is 0 Å².